The Hall–Kier alpha value is -2.79. The van der Waals surface area contributed by atoms with Crippen molar-refractivity contribution in [2.24, 2.45) is 0 Å². The molecule has 0 bridgehead atoms. The predicted octanol–water partition coefficient (Wildman–Crippen LogP) is 3.57. The number of hydrogen-bond donors (Lipinski definition) is 0. The van der Waals surface area contributed by atoms with Crippen molar-refractivity contribution < 1.29 is 0 Å². The van der Waals surface area contributed by atoms with Crippen LogP contribution in [0, 0.1) is 0 Å². The third kappa shape index (κ3) is 3.37. The minimum Gasteiger partial charge on any atom is -0.269 e. The Labute approximate surface area is 150 Å². The molecule has 5 heteroatoms. The quantitative estimate of drug-likeness (QED) is 0.522. The second-order valence-corrected chi connectivity index (χ2v) is 6.33. The Kier molecular flexibility index (Phi) is 5.05. The summed E-state index contributed by atoms with van der Waals surface area (Å²) in [6, 6.07) is 18.7. The van der Waals surface area contributed by atoms with Crippen molar-refractivity contribution in [3.8, 4) is 16.9 Å². The fourth-order valence-electron chi connectivity index (χ4n) is 2.68. The maximum absolute atomic E-state index is 13.0. The predicted molar refractivity (Wildman–Crippen MR) is 104 cm³/mol. The molecule has 0 unspecified atom stereocenters. The fraction of sp³-hybridized carbons (Fsp3) is 0.100. The van der Waals surface area contributed by atoms with Crippen molar-refractivity contribution in [2.75, 3.05) is 6.26 Å². The molecule has 0 aliphatic carbocycles. The van der Waals surface area contributed by atoms with Crippen LogP contribution in [0.5, 0.6) is 0 Å². The van der Waals surface area contributed by atoms with Crippen molar-refractivity contribution in [1.82, 2.24) is 9.13 Å². The molecule has 0 aliphatic heterocycles. The lowest BCUT2D eigenvalue weighted by atomic mass is 10.1. The van der Waals surface area contributed by atoms with Crippen molar-refractivity contribution >= 4 is 11.8 Å². The van der Waals surface area contributed by atoms with E-state index in [0.29, 0.717) is 5.69 Å². The maximum Gasteiger partial charge on any atom is 0.336 e. The van der Waals surface area contributed by atoms with Gasteiger partial charge in [0.2, 0.25) is 0 Å². The highest BCUT2D eigenvalue weighted by molar-refractivity contribution is 7.98. The van der Waals surface area contributed by atoms with Crippen molar-refractivity contribution in [1.29, 1.82) is 0 Å². The summed E-state index contributed by atoms with van der Waals surface area (Å²) < 4.78 is 2.76. The van der Waals surface area contributed by atoms with Gasteiger partial charge in [-0.3, -0.25) is 13.9 Å². The van der Waals surface area contributed by atoms with Gasteiger partial charge in [-0.05, 0) is 36.1 Å². The largest absolute Gasteiger partial charge is 0.336 e. The Morgan fingerprint density at radius 2 is 1.72 bits per heavy atom. The van der Waals surface area contributed by atoms with E-state index in [0.717, 1.165) is 16.1 Å². The van der Waals surface area contributed by atoms with Gasteiger partial charge in [-0.25, -0.2) is 4.79 Å². The van der Waals surface area contributed by atoms with E-state index in [2.05, 4.69) is 6.58 Å². The van der Waals surface area contributed by atoms with E-state index in [1.807, 2.05) is 60.9 Å². The molecule has 0 fully saturated rings. The first-order chi connectivity index (χ1) is 12.2. The molecule has 0 N–H and O–H groups in total. The second kappa shape index (κ2) is 7.40. The van der Waals surface area contributed by atoms with Crippen molar-refractivity contribution in [3.63, 3.8) is 0 Å². The summed E-state index contributed by atoms with van der Waals surface area (Å²) in [6.45, 7) is 3.81. The van der Waals surface area contributed by atoms with Crippen LogP contribution in [0.3, 0.4) is 0 Å². The summed E-state index contributed by atoms with van der Waals surface area (Å²) >= 11 is 1.64. The molecule has 3 rings (SSSR count). The highest BCUT2D eigenvalue weighted by Crippen LogP contribution is 2.22. The zero-order valence-corrected chi connectivity index (χ0v) is 14.7. The number of rotatable bonds is 5. The molecule has 1 aromatic heterocycles. The smallest absolute Gasteiger partial charge is 0.269 e. The van der Waals surface area contributed by atoms with Gasteiger partial charge >= 0.3 is 5.69 Å². The van der Waals surface area contributed by atoms with Gasteiger partial charge in [0.1, 0.15) is 0 Å². The Morgan fingerprint density at radius 3 is 2.32 bits per heavy atom. The molecule has 0 saturated carbocycles. The van der Waals surface area contributed by atoms with Gasteiger partial charge in [-0.15, -0.1) is 18.3 Å². The molecule has 3 aromatic rings. The van der Waals surface area contributed by atoms with Crippen LogP contribution in [0.15, 0.2) is 87.8 Å². The van der Waals surface area contributed by atoms with E-state index >= 15 is 0 Å². The van der Waals surface area contributed by atoms with Crippen molar-refractivity contribution in [3.05, 3.63) is 94.2 Å². The van der Waals surface area contributed by atoms with Gasteiger partial charge < -0.3 is 0 Å². The molecule has 25 heavy (non-hydrogen) atoms. The third-order valence-corrected chi connectivity index (χ3v) is 4.64. The fourth-order valence-corrected chi connectivity index (χ4v) is 3.09. The Morgan fingerprint density at radius 1 is 1.04 bits per heavy atom. The van der Waals surface area contributed by atoms with Gasteiger partial charge in [0.25, 0.3) is 5.56 Å². The van der Waals surface area contributed by atoms with E-state index in [1.54, 1.807) is 22.4 Å². The molecule has 126 valence electrons. The first-order valence-electron chi connectivity index (χ1n) is 7.83. The highest BCUT2D eigenvalue weighted by atomic mass is 32.2. The Bertz CT molecular complexity index is 1000. The van der Waals surface area contributed by atoms with Crippen molar-refractivity contribution in [2.45, 2.75) is 11.4 Å². The topological polar surface area (TPSA) is 44.0 Å². The molecule has 2 aromatic carbocycles. The van der Waals surface area contributed by atoms with Gasteiger partial charge in [0.05, 0.1) is 11.4 Å². The summed E-state index contributed by atoms with van der Waals surface area (Å²) in [5, 5.41) is 0. The molecule has 0 aliphatic rings. The molecule has 0 radical (unpaired) electrons. The minimum atomic E-state index is -0.372. The van der Waals surface area contributed by atoms with Gasteiger partial charge in [-0.2, -0.15) is 0 Å². The van der Waals surface area contributed by atoms with E-state index in [4.69, 9.17) is 0 Å². The monoisotopic (exact) mass is 350 g/mol. The molecular weight excluding hydrogens is 332 g/mol. The van der Waals surface area contributed by atoms with Crippen LogP contribution in [0.1, 0.15) is 0 Å². The first kappa shape index (κ1) is 17.0. The minimum absolute atomic E-state index is 0.176. The van der Waals surface area contributed by atoms with Crippen LogP contribution < -0.4 is 11.2 Å². The third-order valence-electron chi connectivity index (χ3n) is 3.90. The summed E-state index contributed by atoms with van der Waals surface area (Å²) in [7, 11) is 0. The van der Waals surface area contributed by atoms with Gasteiger partial charge in [0, 0.05) is 17.5 Å². The summed E-state index contributed by atoms with van der Waals surface area (Å²) in [5.41, 5.74) is 1.41. The van der Waals surface area contributed by atoms with Crippen LogP contribution in [0.4, 0.5) is 0 Å². The first-order valence-corrected chi connectivity index (χ1v) is 9.06. The zero-order chi connectivity index (χ0) is 17.8. The van der Waals surface area contributed by atoms with E-state index in [1.165, 1.54) is 10.6 Å². The molecule has 0 atom stereocenters. The van der Waals surface area contributed by atoms with Crippen LogP contribution in [-0.2, 0) is 6.54 Å². The average Bonchev–Trinajstić information content (AvgIpc) is 2.65. The highest BCUT2D eigenvalue weighted by Gasteiger charge is 2.14. The SMILES string of the molecule is C=CCn1c(=O)cc(-c2ccccc2)n(-c2ccc(SC)cc2)c1=O. The van der Waals surface area contributed by atoms with Crippen LogP contribution in [0.2, 0.25) is 0 Å². The van der Waals surface area contributed by atoms with Crippen LogP contribution in [0.25, 0.3) is 16.9 Å². The normalized spacial score (nSPS) is 10.6. The standard InChI is InChI=1S/C20H18N2O2S/c1-3-13-21-19(23)14-18(15-7-5-4-6-8-15)22(20(21)24)16-9-11-17(25-2)12-10-16/h3-12,14H,1,13H2,2H3. The van der Waals surface area contributed by atoms with E-state index < -0.39 is 0 Å². The molecule has 0 amide bonds. The molecular formula is C20H18N2O2S. The second-order valence-electron chi connectivity index (χ2n) is 5.45. The molecule has 1 heterocycles. The molecule has 0 spiro atoms. The van der Waals surface area contributed by atoms with Gasteiger partial charge in [-0.1, -0.05) is 36.4 Å². The summed E-state index contributed by atoms with van der Waals surface area (Å²) in [6.07, 6.45) is 3.55. The number of allylic oxidation sites excluding steroid dienone is 1. The lowest BCUT2D eigenvalue weighted by molar-refractivity contribution is 0.684. The zero-order valence-electron chi connectivity index (χ0n) is 13.9. The van der Waals surface area contributed by atoms with Gasteiger partial charge in [0.15, 0.2) is 0 Å². The number of thioether (sulfide) groups is 1. The molecule has 0 saturated heterocycles. The maximum atomic E-state index is 13.0. The van der Waals surface area contributed by atoms with E-state index in [-0.39, 0.29) is 17.8 Å². The Balaban J connectivity index is 2.32. The average molecular weight is 350 g/mol. The summed E-state index contributed by atoms with van der Waals surface area (Å²) in [4.78, 5) is 26.5. The number of nitrogens with zero attached hydrogens (tertiary/aromatic N) is 2. The lowest BCUT2D eigenvalue weighted by Crippen LogP contribution is -2.39. The number of benzene rings is 2. The lowest BCUT2D eigenvalue weighted by Gasteiger charge is -2.15. The molecule has 4 nitrogen and oxygen atoms in total. The number of aromatic nitrogens is 2. The number of hydrogen-bond acceptors (Lipinski definition) is 3. The summed E-state index contributed by atoms with van der Waals surface area (Å²) in [5.74, 6) is 0. The van der Waals surface area contributed by atoms with E-state index in [9.17, 15) is 9.59 Å². The van der Waals surface area contributed by atoms with Crippen LogP contribution >= 0.6 is 11.8 Å². The van der Waals surface area contributed by atoms with Crippen LogP contribution in [-0.4, -0.2) is 15.4 Å².